The smallest absolute Gasteiger partial charge is 0.227 e. The second kappa shape index (κ2) is 6.96. The van der Waals surface area contributed by atoms with Gasteiger partial charge in [0.15, 0.2) is 11.5 Å². The standard InChI is InChI=1S/C17H17N5O2/c18-11-13-5-6-16(21-20-13)22-9-7-12(8-10-22)17(24)19-14-3-1-2-4-15(14)23/h1-6,12,23H,7-10H2,(H,19,24). The lowest BCUT2D eigenvalue weighted by Gasteiger charge is -2.31. The maximum atomic E-state index is 12.3. The maximum absolute atomic E-state index is 12.3. The van der Waals surface area contributed by atoms with Crippen LogP contribution in [0.4, 0.5) is 11.5 Å². The van der Waals surface area contributed by atoms with Crippen LogP contribution in [-0.2, 0) is 4.79 Å². The number of para-hydroxylation sites is 2. The molecular weight excluding hydrogens is 306 g/mol. The van der Waals surface area contributed by atoms with Gasteiger partial charge in [-0.15, -0.1) is 10.2 Å². The molecule has 2 N–H and O–H groups in total. The predicted octanol–water partition coefficient (Wildman–Crippen LogP) is 1.91. The van der Waals surface area contributed by atoms with E-state index in [2.05, 4.69) is 20.4 Å². The fourth-order valence-electron chi connectivity index (χ4n) is 2.74. The molecule has 3 rings (SSSR count). The van der Waals surface area contributed by atoms with E-state index in [4.69, 9.17) is 5.26 Å². The van der Waals surface area contributed by atoms with E-state index in [0.717, 1.165) is 0 Å². The fourth-order valence-corrected chi connectivity index (χ4v) is 2.74. The van der Waals surface area contributed by atoms with Gasteiger partial charge in [-0.2, -0.15) is 5.26 Å². The minimum Gasteiger partial charge on any atom is -0.506 e. The van der Waals surface area contributed by atoms with Gasteiger partial charge in [-0.1, -0.05) is 12.1 Å². The molecule has 1 aliphatic rings. The van der Waals surface area contributed by atoms with Crippen molar-refractivity contribution in [3.8, 4) is 11.8 Å². The van der Waals surface area contributed by atoms with E-state index in [0.29, 0.717) is 37.4 Å². The summed E-state index contributed by atoms with van der Waals surface area (Å²) < 4.78 is 0. The molecule has 1 aliphatic heterocycles. The van der Waals surface area contributed by atoms with Crippen molar-refractivity contribution < 1.29 is 9.90 Å². The molecule has 1 fully saturated rings. The number of hydrogen-bond donors (Lipinski definition) is 2. The Bertz CT molecular complexity index is 761. The van der Waals surface area contributed by atoms with E-state index in [1.54, 1.807) is 36.4 Å². The molecule has 0 bridgehead atoms. The molecule has 1 saturated heterocycles. The molecular formula is C17H17N5O2. The van der Waals surface area contributed by atoms with Crippen LogP contribution in [0.3, 0.4) is 0 Å². The minimum atomic E-state index is -0.104. The summed E-state index contributed by atoms with van der Waals surface area (Å²) >= 11 is 0. The summed E-state index contributed by atoms with van der Waals surface area (Å²) in [6, 6.07) is 12.0. The molecule has 1 aromatic heterocycles. The summed E-state index contributed by atoms with van der Waals surface area (Å²) in [6.07, 6.45) is 1.39. The Balaban J connectivity index is 1.57. The molecule has 2 aromatic rings. The first kappa shape index (κ1) is 15.7. The van der Waals surface area contributed by atoms with Crippen molar-refractivity contribution >= 4 is 17.4 Å². The Morgan fingerprint density at radius 3 is 2.58 bits per heavy atom. The first-order chi connectivity index (χ1) is 11.7. The number of anilines is 2. The van der Waals surface area contributed by atoms with Crippen molar-refractivity contribution in [2.75, 3.05) is 23.3 Å². The number of benzene rings is 1. The van der Waals surface area contributed by atoms with Gasteiger partial charge in [-0.25, -0.2) is 0 Å². The van der Waals surface area contributed by atoms with Crippen molar-refractivity contribution in [1.29, 1.82) is 5.26 Å². The van der Waals surface area contributed by atoms with E-state index < -0.39 is 0 Å². The molecule has 0 unspecified atom stereocenters. The largest absolute Gasteiger partial charge is 0.506 e. The highest BCUT2D eigenvalue weighted by Crippen LogP contribution is 2.26. The molecule has 122 valence electrons. The molecule has 0 aliphatic carbocycles. The van der Waals surface area contributed by atoms with E-state index in [-0.39, 0.29) is 23.3 Å². The van der Waals surface area contributed by atoms with Crippen LogP contribution in [0.25, 0.3) is 0 Å². The summed E-state index contributed by atoms with van der Waals surface area (Å²) in [4.78, 5) is 14.4. The molecule has 7 heteroatoms. The van der Waals surface area contributed by atoms with Crippen molar-refractivity contribution in [3.63, 3.8) is 0 Å². The summed E-state index contributed by atoms with van der Waals surface area (Å²) in [7, 11) is 0. The summed E-state index contributed by atoms with van der Waals surface area (Å²) in [5.41, 5.74) is 0.721. The van der Waals surface area contributed by atoms with Crippen molar-refractivity contribution in [3.05, 3.63) is 42.1 Å². The average Bonchev–Trinajstić information content (AvgIpc) is 2.64. The molecule has 0 spiro atoms. The Kier molecular flexibility index (Phi) is 4.57. The predicted molar refractivity (Wildman–Crippen MR) is 88.4 cm³/mol. The van der Waals surface area contributed by atoms with E-state index in [1.165, 1.54) is 0 Å². The van der Waals surface area contributed by atoms with Crippen LogP contribution >= 0.6 is 0 Å². The van der Waals surface area contributed by atoms with Crippen LogP contribution in [0.15, 0.2) is 36.4 Å². The lowest BCUT2D eigenvalue weighted by molar-refractivity contribution is -0.120. The molecule has 24 heavy (non-hydrogen) atoms. The Morgan fingerprint density at radius 2 is 1.96 bits per heavy atom. The average molecular weight is 323 g/mol. The van der Waals surface area contributed by atoms with Crippen LogP contribution in [0.1, 0.15) is 18.5 Å². The topological polar surface area (TPSA) is 102 Å². The number of phenols is 1. The van der Waals surface area contributed by atoms with Crippen LogP contribution < -0.4 is 10.2 Å². The highest BCUT2D eigenvalue weighted by atomic mass is 16.3. The van der Waals surface area contributed by atoms with Gasteiger partial charge in [-0.3, -0.25) is 4.79 Å². The second-order valence-corrected chi connectivity index (χ2v) is 5.66. The highest BCUT2D eigenvalue weighted by molar-refractivity contribution is 5.94. The van der Waals surface area contributed by atoms with Crippen molar-refractivity contribution in [1.82, 2.24) is 10.2 Å². The monoisotopic (exact) mass is 323 g/mol. The fraction of sp³-hybridized carbons (Fsp3) is 0.294. The number of rotatable bonds is 3. The number of piperidine rings is 1. The molecule has 1 aromatic carbocycles. The number of carbonyl (C=O) groups is 1. The number of nitriles is 1. The van der Waals surface area contributed by atoms with Crippen LogP contribution in [0.2, 0.25) is 0 Å². The van der Waals surface area contributed by atoms with Gasteiger partial charge in [0.25, 0.3) is 0 Å². The van der Waals surface area contributed by atoms with E-state index >= 15 is 0 Å². The zero-order valence-electron chi connectivity index (χ0n) is 13.0. The maximum Gasteiger partial charge on any atom is 0.227 e. The van der Waals surface area contributed by atoms with E-state index in [1.807, 2.05) is 6.07 Å². The SMILES string of the molecule is N#Cc1ccc(N2CCC(C(=O)Nc3ccccc3O)CC2)nn1. The molecule has 0 saturated carbocycles. The lowest BCUT2D eigenvalue weighted by Crippen LogP contribution is -2.38. The second-order valence-electron chi connectivity index (χ2n) is 5.66. The number of phenolic OH excluding ortho intramolecular Hbond substituents is 1. The lowest BCUT2D eigenvalue weighted by atomic mass is 9.95. The van der Waals surface area contributed by atoms with Crippen molar-refractivity contribution in [2.24, 2.45) is 5.92 Å². The number of nitrogens with one attached hydrogen (secondary N) is 1. The first-order valence-corrected chi connectivity index (χ1v) is 7.75. The third kappa shape index (κ3) is 3.43. The number of aromatic nitrogens is 2. The van der Waals surface area contributed by atoms with Gasteiger partial charge in [-0.05, 0) is 37.1 Å². The minimum absolute atomic E-state index is 0.0659. The summed E-state index contributed by atoms with van der Waals surface area (Å²) in [5.74, 6) is 0.596. The Hall–Kier alpha value is -3.14. The number of nitrogens with zero attached hydrogens (tertiary/aromatic N) is 4. The van der Waals surface area contributed by atoms with Gasteiger partial charge >= 0.3 is 0 Å². The quantitative estimate of drug-likeness (QED) is 0.837. The summed E-state index contributed by atoms with van der Waals surface area (Å²) in [5, 5.41) is 29.1. The Morgan fingerprint density at radius 1 is 1.21 bits per heavy atom. The van der Waals surface area contributed by atoms with Gasteiger partial charge in [0.2, 0.25) is 5.91 Å². The molecule has 0 radical (unpaired) electrons. The number of hydrogen-bond acceptors (Lipinski definition) is 6. The van der Waals surface area contributed by atoms with Crippen LogP contribution in [-0.4, -0.2) is 34.3 Å². The zero-order valence-corrected chi connectivity index (χ0v) is 13.0. The number of carbonyl (C=O) groups excluding carboxylic acids is 1. The zero-order chi connectivity index (χ0) is 16.9. The van der Waals surface area contributed by atoms with E-state index in [9.17, 15) is 9.90 Å². The number of amides is 1. The van der Waals surface area contributed by atoms with Crippen molar-refractivity contribution in [2.45, 2.75) is 12.8 Å². The van der Waals surface area contributed by atoms with Crippen LogP contribution in [0, 0.1) is 17.2 Å². The van der Waals surface area contributed by atoms with Gasteiger partial charge in [0.05, 0.1) is 5.69 Å². The normalized spacial score (nSPS) is 14.9. The van der Waals surface area contributed by atoms with Gasteiger partial charge in [0.1, 0.15) is 11.8 Å². The van der Waals surface area contributed by atoms with Crippen LogP contribution in [0.5, 0.6) is 5.75 Å². The highest BCUT2D eigenvalue weighted by Gasteiger charge is 2.26. The molecule has 2 heterocycles. The molecule has 0 atom stereocenters. The summed E-state index contributed by atoms with van der Waals surface area (Å²) in [6.45, 7) is 1.39. The Labute approximate surface area is 139 Å². The molecule has 7 nitrogen and oxygen atoms in total. The van der Waals surface area contributed by atoms with Gasteiger partial charge in [0, 0.05) is 19.0 Å². The first-order valence-electron chi connectivity index (χ1n) is 7.75. The third-order valence-corrected chi connectivity index (χ3v) is 4.12. The van der Waals surface area contributed by atoms with Gasteiger partial charge < -0.3 is 15.3 Å². The molecule has 1 amide bonds. The number of aromatic hydroxyl groups is 1. The third-order valence-electron chi connectivity index (χ3n) is 4.12.